The van der Waals surface area contributed by atoms with Gasteiger partial charge in [-0.05, 0) is 24.6 Å². The number of amides is 1. The van der Waals surface area contributed by atoms with E-state index in [9.17, 15) is 9.59 Å². The highest BCUT2D eigenvalue weighted by molar-refractivity contribution is 5.98. The average molecular weight is 292 g/mol. The molecule has 8 nitrogen and oxygen atoms in total. The number of hydrogen-bond acceptors (Lipinski definition) is 5. The first-order valence-corrected chi connectivity index (χ1v) is 6.48. The van der Waals surface area contributed by atoms with Crippen molar-refractivity contribution in [2.45, 2.75) is 19.8 Å². The number of aromatic nitrogens is 2. The Hall–Kier alpha value is -2.77. The molecule has 0 aliphatic rings. The lowest BCUT2D eigenvalue weighted by Crippen LogP contribution is -2.14. The molecule has 1 aromatic heterocycles. The van der Waals surface area contributed by atoms with E-state index in [0.717, 1.165) is 17.5 Å². The van der Waals surface area contributed by atoms with E-state index in [1.807, 2.05) is 6.92 Å². The number of carbonyl (C=O) groups is 2. The number of nitrogen functional groups attached to an aromatic ring is 1. The lowest BCUT2D eigenvalue weighted by Gasteiger charge is -2.06. The van der Waals surface area contributed by atoms with E-state index in [-0.39, 0.29) is 5.82 Å². The Labute approximate surface area is 120 Å². The van der Waals surface area contributed by atoms with Crippen LogP contribution < -0.4 is 11.1 Å². The van der Waals surface area contributed by atoms with E-state index in [4.69, 9.17) is 15.6 Å². The van der Waals surface area contributed by atoms with Crippen molar-refractivity contribution in [2.75, 3.05) is 17.7 Å². The van der Waals surface area contributed by atoms with Gasteiger partial charge in [-0.3, -0.25) is 5.32 Å². The molecule has 1 heterocycles. The van der Waals surface area contributed by atoms with E-state index in [1.54, 1.807) is 12.1 Å². The van der Waals surface area contributed by atoms with Gasteiger partial charge in [-0.25, -0.2) is 9.59 Å². The highest BCUT2D eigenvalue weighted by Gasteiger charge is 2.14. The molecule has 1 aromatic carbocycles. The van der Waals surface area contributed by atoms with E-state index < -0.39 is 12.2 Å². The summed E-state index contributed by atoms with van der Waals surface area (Å²) in [5, 5.41) is 15.7. The number of nitrogens with two attached hydrogens (primary N) is 1. The van der Waals surface area contributed by atoms with Gasteiger partial charge in [0, 0.05) is 11.1 Å². The first-order chi connectivity index (χ1) is 10.0. The van der Waals surface area contributed by atoms with Crippen LogP contribution in [0.1, 0.15) is 19.8 Å². The van der Waals surface area contributed by atoms with Crippen molar-refractivity contribution in [3.8, 4) is 0 Å². The average Bonchev–Trinajstić information content (AvgIpc) is 2.76. The second-order valence-electron chi connectivity index (χ2n) is 4.43. The van der Waals surface area contributed by atoms with E-state index >= 15 is 0 Å². The summed E-state index contributed by atoms with van der Waals surface area (Å²) in [5.41, 5.74) is 6.48. The molecule has 0 aliphatic heterocycles. The number of unbranched alkanes of at least 4 members (excludes halogenated alkanes) is 1. The maximum atomic E-state index is 11.5. The van der Waals surface area contributed by atoms with Crippen molar-refractivity contribution in [1.29, 1.82) is 0 Å². The summed E-state index contributed by atoms with van der Waals surface area (Å²) in [6, 6.07) is 4.64. The number of nitrogens with zero attached hydrogens (tertiary/aromatic N) is 2. The number of ether oxygens (including phenoxy) is 1. The monoisotopic (exact) mass is 292 g/mol. The molecular weight excluding hydrogens is 276 g/mol. The van der Waals surface area contributed by atoms with Gasteiger partial charge in [-0.1, -0.05) is 13.3 Å². The van der Waals surface area contributed by atoms with Gasteiger partial charge in [-0.2, -0.15) is 4.68 Å². The minimum atomic E-state index is -1.23. The van der Waals surface area contributed by atoms with Crippen molar-refractivity contribution < 1.29 is 19.4 Å². The summed E-state index contributed by atoms with van der Waals surface area (Å²) >= 11 is 0. The largest absolute Gasteiger partial charge is 0.463 e. The van der Waals surface area contributed by atoms with Crippen LogP contribution in [0, 0.1) is 0 Å². The third-order valence-electron chi connectivity index (χ3n) is 2.87. The number of rotatable bonds is 4. The lowest BCUT2D eigenvalue weighted by atomic mass is 10.2. The predicted molar refractivity (Wildman–Crippen MR) is 77.4 cm³/mol. The van der Waals surface area contributed by atoms with Crippen LogP contribution in [0.4, 0.5) is 21.1 Å². The highest BCUT2D eigenvalue weighted by Crippen LogP contribution is 2.24. The third-order valence-corrected chi connectivity index (χ3v) is 2.87. The van der Waals surface area contributed by atoms with Crippen molar-refractivity contribution >= 4 is 34.6 Å². The fourth-order valence-corrected chi connectivity index (χ4v) is 1.83. The Kier molecular flexibility index (Phi) is 4.27. The molecule has 0 fully saturated rings. The molecule has 0 unspecified atom stereocenters. The summed E-state index contributed by atoms with van der Waals surface area (Å²) in [4.78, 5) is 22.5. The van der Waals surface area contributed by atoms with Gasteiger partial charge in [-0.15, -0.1) is 5.10 Å². The van der Waals surface area contributed by atoms with Crippen LogP contribution in [0.25, 0.3) is 10.9 Å². The maximum Gasteiger partial charge on any atom is 0.432 e. The fraction of sp³-hybridized carbons (Fsp3) is 0.308. The zero-order valence-electron chi connectivity index (χ0n) is 11.5. The van der Waals surface area contributed by atoms with Crippen molar-refractivity contribution in [2.24, 2.45) is 0 Å². The number of fused-ring (bicyclic) bond motifs is 1. The molecule has 21 heavy (non-hydrogen) atoms. The molecule has 0 bridgehead atoms. The molecule has 0 saturated heterocycles. The van der Waals surface area contributed by atoms with Crippen molar-refractivity contribution in [1.82, 2.24) is 9.78 Å². The SMILES string of the molecule is CCCCOC(=O)Nc1ccc2c(c1)c(N)nn2C(=O)O. The van der Waals surface area contributed by atoms with Crippen LogP contribution in [0.2, 0.25) is 0 Å². The zero-order valence-corrected chi connectivity index (χ0v) is 11.5. The second-order valence-corrected chi connectivity index (χ2v) is 4.43. The molecule has 2 aromatic rings. The predicted octanol–water partition coefficient (Wildman–Crippen LogP) is 2.49. The number of nitrogens with one attached hydrogen (secondary N) is 1. The summed E-state index contributed by atoms with van der Waals surface area (Å²) in [5.74, 6) is 0.0791. The Morgan fingerprint density at radius 1 is 1.48 bits per heavy atom. The maximum absolute atomic E-state index is 11.5. The summed E-state index contributed by atoms with van der Waals surface area (Å²) in [7, 11) is 0. The van der Waals surface area contributed by atoms with E-state index in [1.165, 1.54) is 6.07 Å². The number of hydrogen-bond donors (Lipinski definition) is 3. The molecule has 1 amide bonds. The van der Waals surface area contributed by atoms with Crippen LogP contribution in [0.5, 0.6) is 0 Å². The normalized spacial score (nSPS) is 10.5. The zero-order chi connectivity index (χ0) is 15.4. The Morgan fingerprint density at radius 3 is 2.90 bits per heavy atom. The fourth-order valence-electron chi connectivity index (χ4n) is 1.83. The second kappa shape index (κ2) is 6.12. The third kappa shape index (κ3) is 3.22. The van der Waals surface area contributed by atoms with Crippen molar-refractivity contribution in [3.63, 3.8) is 0 Å². The number of carboxylic acid groups (broad SMARTS) is 1. The van der Waals surface area contributed by atoms with Gasteiger partial charge in [0.2, 0.25) is 0 Å². The van der Waals surface area contributed by atoms with Gasteiger partial charge in [0.1, 0.15) is 0 Å². The Balaban J connectivity index is 2.18. The molecule has 0 aliphatic carbocycles. The molecule has 0 atom stereocenters. The topological polar surface area (TPSA) is 119 Å². The number of benzene rings is 1. The van der Waals surface area contributed by atoms with Crippen molar-refractivity contribution in [3.05, 3.63) is 18.2 Å². The van der Waals surface area contributed by atoms with Crippen LogP contribution in [0.15, 0.2) is 18.2 Å². The quantitative estimate of drug-likeness (QED) is 0.745. The molecule has 112 valence electrons. The number of carbonyl (C=O) groups excluding carboxylic acids is 1. The van der Waals surface area contributed by atoms with Crippen LogP contribution in [-0.4, -0.2) is 33.7 Å². The first kappa shape index (κ1) is 14.6. The van der Waals surface area contributed by atoms with Gasteiger partial charge in [0.15, 0.2) is 5.82 Å². The summed E-state index contributed by atoms with van der Waals surface area (Å²) in [6.45, 7) is 2.35. The molecule has 0 saturated carbocycles. The highest BCUT2D eigenvalue weighted by atomic mass is 16.5. The number of anilines is 2. The first-order valence-electron chi connectivity index (χ1n) is 6.48. The molecule has 8 heteroatoms. The van der Waals surface area contributed by atoms with Gasteiger partial charge in [0.25, 0.3) is 0 Å². The minimum Gasteiger partial charge on any atom is -0.463 e. The smallest absolute Gasteiger partial charge is 0.432 e. The molecule has 0 spiro atoms. The van der Waals surface area contributed by atoms with Crippen LogP contribution in [0.3, 0.4) is 0 Å². The summed E-state index contributed by atoms with van der Waals surface area (Å²) in [6.07, 6.45) is -0.0575. The van der Waals surface area contributed by atoms with E-state index in [0.29, 0.717) is 23.2 Å². The van der Waals surface area contributed by atoms with Gasteiger partial charge < -0.3 is 15.6 Å². The van der Waals surface area contributed by atoms with Gasteiger partial charge >= 0.3 is 12.2 Å². The van der Waals surface area contributed by atoms with Crippen LogP contribution >= 0.6 is 0 Å². The molecule has 0 radical (unpaired) electrons. The summed E-state index contributed by atoms with van der Waals surface area (Å²) < 4.78 is 5.76. The standard InChI is InChI=1S/C13H16N4O4/c1-2-3-6-21-12(18)15-8-4-5-10-9(7-8)11(14)16-17(10)13(19)20/h4-5,7H,2-3,6H2,1H3,(H2,14,16)(H,15,18)(H,19,20). The Morgan fingerprint density at radius 2 is 2.24 bits per heavy atom. The molecular formula is C13H16N4O4. The Bertz CT molecular complexity index is 680. The molecule has 4 N–H and O–H groups in total. The minimum absolute atomic E-state index is 0.0791. The van der Waals surface area contributed by atoms with Crippen LogP contribution in [-0.2, 0) is 4.74 Å². The molecule has 2 rings (SSSR count). The van der Waals surface area contributed by atoms with E-state index in [2.05, 4.69) is 10.4 Å². The lowest BCUT2D eigenvalue weighted by molar-refractivity contribution is 0.160. The van der Waals surface area contributed by atoms with Gasteiger partial charge in [0.05, 0.1) is 12.1 Å².